The summed E-state index contributed by atoms with van der Waals surface area (Å²) in [6, 6.07) is -0.0739. The molecule has 1 fully saturated rings. The maximum Gasteiger partial charge on any atom is 0.407 e. The standard InChI is InChI=1S/C15H29NO5/c1-7-11(16-13(17)21-14(2,3)4)8-18-9-12-10-19-15(5,6)20-12/h11-12H,7-10H2,1-6H3,(H,16,17)/t11-,12-/m1/s1. The first-order valence-corrected chi connectivity index (χ1v) is 7.50. The van der Waals surface area contributed by atoms with Gasteiger partial charge in [0.25, 0.3) is 0 Å². The highest BCUT2D eigenvalue weighted by Gasteiger charge is 2.32. The van der Waals surface area contributed by atoms with E-state index < -0.39 is 17.5 Å². The molecule has 6 nitrogen and oxygen atoms in total. The van der Waals surface area contributed by atoms with E-state index in [1.807, 2.05) is 41.5 Å². The molecule has 1 aliphatic rings. The Bertz CT molecular complexity index is 337. The molecule has 0 radical (unpaired) electrons. The molecule has 0 bridgehead atoms. The SMILES string of the molecule is CC[C@H](COC[C@@H]1COC(C)(C)O1)NC(=O)OC(C)(C)C. The Balaban J connectivity index is 2.24. The topological polar surface area (TPSA) is 66.0 Å². The largest absolute Gasteiger partial charge is 0.444 e. The van der Waals surface area contributed by atoms with Crippen LogP contribution in [0.4, 0.5) is 4.79 Å². The molecule has 0 aliphatic carbocycles. The molecule has 6 heteroatoms. The summed E-state index contributed by atoms with van der Waals surface area (Å²) < 4.78 is 22.0. The maximum absolute atomic E-state index is 11.7. The summed E-state index contributed by atoms with van der Waals surface area (Å²) >= 11 is 0. The first-order chi connectivity index (χ1) is 9.61. The third-order valence-electron chi connectivity index (χ3n) is 2.90. The van der Waals surface area contributed by atoms with Crippen LogP contribution in [0.1, 0.15) is 48.0 Å². The van der Waals surface area contributed by atoms with Gasteiger partial charge in [0.15, 0.2) is 5.79 Å². The third-order valence-corrected chi connectivity index (χ3v) is 2.90. The Morgan fingerprint density at radius 2 is 2.10 bits per heavy atom. The van der Waals surface area contributed by atoms with Crippen molar-refractivity contribution in [2.24, 2.45) is 0 Å². The second kappa shape index (κ2) is 7.42. The minimum absolute atomic E-state index is 0.0565. The van der Waals surface area contributed by atoms with Crippen LogP contribution in [-0.2, 0) is 18.9 Å². The lowest BCUT2D eigenvalue weighted by Gasteiger charge is -2.23. The van der Waals surface area contributed by atoms with E-state index in [1.165, 1.54) is 0 Å². The molecule has 2 atom stereocenters. The van der Waals surface area contributed by atoms with E-state index in [-0.39, 0.29) is 12.1 Å². The lowest BCUT2D eigenvalue weighted by molar-refractivity contribution is -0.145. The second-order valence-corrected chi connectivity index (χ2v) is 6.74. The van der Waals surface area contributed by atoms with E-state index in [0.717, 1.165) is 6.42 Å². The Hall–Kier alpha value is -0.850. The molecule has 0 aromatic carbocycles. The summed E-state index contributed by atoms with van der Waals surface area (Å²) in [5.41, 5.74) is -0.496. The fourth-order valence-electron chi connectivity index (χ4n) is 1.92. The van der Waals surface area contributed by atoms with E-state index in [1.54, 1.807) is 0 Å². The molecule has 124 valence electrons. The van der Waals surface area contributed by atoms with Crippen molar-refractivity contribution in [2.75, 3.05) is 19.8 Å². The Kier molecular flexibility index (Phi) is 6.43. The average Bonchev–Trinajstić information content (AvgIpc) is 2.65. The second-order valence-electron chi connectivity index (χ2n) is 6.74. The molecule has 0 aromatic rings. The molecule has 1 heterocycles. The number of alkyl carbamates (subject to hydrolysis) is 1. The van der Waals surface area contributed by atoms with Crippen molar-refractivity contribution < 1.29 is 23.7 Å². The Morgan fingerprint density at radius 3 is 2.57 bits per heavy atom. The van der Waals surface area contributed by atoms with Gasteiger partial charge in [-0.2, -0.15) is 0 Å². The van der Waals surface area contributed by atoms with Gasteiger partial charge in [0.1, 0.15) is 11.7 Å². The number of ether oxygens (including phenoxy) is 4. The van der Waals surface area contributed by atoms with Gasteiger partial charge >= 0.3 is 6.09 Å². The van der Waals surface area contributed by atoms with Crippen LogP contribution in [0, 0.1) is 0 Å². The molecular formula is C15H29NO5. The van der Waals surface area contributed by atoms with E-state index >= 15 is 0 Å². The van der Waals surface area contributed by atoms with Crippen molar-refractivity contribution in [3.8, 4) is 0 Å². The van der Waals surface area contributed by atoms with Crippen LogP contribution < -0.4 is 5.32 Å². The minimum Gasteiger partial charge on any atom is -0.444 e. The number of nitrogens with one attached hydrogen (secondary N) is 1. The minimum atomic E-state index is -0.535. The molecule has 0 saturated carbocycles. The Labute approximate surface area is 127 Å². The lowest BCUT2D eigenvalue weighted by Crippen LogP contribution is -2.41. The predicted molar refractivity (Wildman–Crippen MR) is 79.2 cm³/mol. The fourth-order valence-corrected chi connectivity index (χ4v) is 1.92. The molecule has 21 heavy (non-hydrogen) atoms. The van der Waals surface area contributed by atoms with Crippen molar-refractivity contribution in [3.05, 3.63) is 0 Å². The number of hydrogen-bond donors (Lipinski definition) is 1. The van der Waals surface area contributed by atoms with E-state index in [4.69, 9.17) is 18.9 Å². The highest BCUT2D eigenvalue weighted by atomic mass is 16.7. The van der Waals surface area contributed by atoms with Gasteiger partial charge < -0.3 is 24.3 Å². The van der Waals surface area contributed by atoms with Gasteiger partial charge in [0, 0.05) is 0 Å². The third kappa shape index (κ3) is 7.64. The molecule has 1 saturated heterocycles. The van der Waals surface area contributed by atoms with Crippen molar-refractivity contribution in [3.63, 3.8) is 0 Å². The zero-order valence-corrected chi connectivity index (χ0v) is 14.0. The van der Waals surface area contributed by atoms with Gasteiger partial charge in [-0.05, 0) is 41.0 Å². The first-order valence-electron chi connectivity index (χ1n) is 7.50. The number of rotatable bonds is 6. The molecular weight excluding hydrogens is 274 g/mol. The lowest BCUT2D eigenvalue weighted by atomic mass is 10.2. The zero-order valence-electron chi connectivity index (χ0n) is 14.0. The number of carbonyl (C=O) groups is 1. The quantitative estimate of drug-likeness (QED) is 0.816. The van der Waals surface area contributed by atoms with Crippen molar-refractivity contribution in [1.29, 1.82) is 0 Å². The highest BCUT2D eigenvalue weighted by Crippen LogP contribution is 2.22. The van der Waals surface area contributed by atoms with Crippen LogP contribution in [0.3, 0.4) is 0 Å². The molecule has 1 aliphatic heterocycles. The van der Waals surface area contributed by atoms with Crippen LogP contribution in [0.15, 0.2) is 0 Å². The number of carbonyl (C=O) groups excluding carboxylic acids is 1. The molecule has 0 unspecified atom stereocenters. The first kappa shape index (κ1) is 18.2. The van der Waals surface area contributed by atoms with Gasteiger partial charge in [0.2, 0.25) is 0 Å². The summed E-state index contributed by atoms with van der Waals surface area (Å²) in [6.45, 7) is 12.7. The van der Waals surface area contributed by atoms with Crippen LogP contribution in [-0.4, -0.2) is 49.4 Å². The van der Waals surface area contributed by atoms with Gasteiger partial charge in [-0.15, -0.1) is 0 Å². The van der Waals surface area contributed by atoms with Crippen LogP contribution in [0.5, 0.6) is 0 Å². The maximum atomic E-state index is 11.7. The number of amides is 1. The molecule has 1 N–H and O–H groups in total. The van der Waals surface area contributed by atoms with E-state index in [0.29, 0.717) is 19.8 Å². The molecule has 1 amide bonds. The van der Waals surface area contributed by atoms with E-state index in [9.17, 15) is 4.79 Å². The summed E-state index contributed by atoms with van der Waals surface area (Å²) in [5, 5.41) is 2.81. The van der Waals surface area contributed by atoms with E-state index in [2.05, 4.69) is 5.32 Å². The Morgan fingerprint density at radius 1 is 1.43 bits per heavy atom. The monoisotopic (exact) mass is 303 g/mol. The highest BCUT2D eigenvalue weighted by molar-refractivity contribution is 5.68. The summed E-state index contributed by atoms with van der Waals surface area (Å²) in [6.07, 6.45) is 0.297. The summed E-state index contributed by atoms with van der Waals surface area (Å²) in [7, 11) is 0. The van der Waals surface area contributed by atoms with Crippen LogP contribution >= 0.6 is 0 Å². The summed E-state index contributed by atoms with van der Waals surface area (Å²) in [4.78, 5) is 11.7. The van der Waals surface area contributed by atoms with Crippen LogP contribution in [0.2, 0.25) is 0 Å². The molecule has 1 rings (SSSR count). The van der Waals surface area contributed by atoms with Crippen LogP contribution in [0.25, 0.3) is 0 Å². The van der Waals surface area contributed by atoms with Crippen molar-refractivity contribution in [1.82, 2.24) is 5.32 Å². The average molecular weight is 303 g/mol. The number of hydrogen-bond acceptors (Lipinski definition) is 5. The fraction of sp³-hybridized carbons (Fsp3) is 0.933. The summed E-state index contributed by atoms with van der Waals surface area (Å²) in [5.74, 6) is -0.535. The smallest absolute Gasteiger partial charge is 0.407 e. The predicted octanol–water partition coefficient (Wildman–Crippen LogP) is 2.46. The van der Waals surface area contributed by atoms with Crippen molar-refractivity contribution in [2.45, 2.75) is 71.5 Å². The van der Waals surface area contributed by atoms with Gasteiger partial charge in [-0.3, -0.25) is 0 Å². The van der Waals surface area contributed by atoms with Gasteiger partial charge in [-0.1, -0.05) is 6.92 Å². The van der Waals surface area contributed by atoms with Gasteiger partial charge in [0.05, 0.1) is 25.9 Å². The van der Waals surface area contributed by atoms with Crippen molar-refractivity contribution >= 4 is 6.09 Å². The zero-order chi connectivity index (χ0) is 16.1. The molecule has 0 spiro atoms. The normalized spacial score (nSPS) is 22.9. The molecule has 0 aromatic heterocycles. The van der Waals surface area contributed by atoms with Gasteiger partial charge in [-0.25, -0.2) is 4.79 Å².